The van der Waals surface area contributed by atoms with Gasteiger partial charge < -0.3 is 0 Å². The molecule has 1 aliphatic rings. The van der Waals surface area contributed by atoms with Gasteiger partial charge >= 0.3 is 0 Å². The zero-order valence-corrected chi connectivity index (χ0v) is 47.9. The largest absolute Gasteiger partial charge is 0.0654 e. The van der Waals surface area contributed by atoms with Crippen LogP contribution in [0.15, 0.2) is 54.6 Å². The van der Waals surface area contributed by atoms with Gasteiger partial charge in [-0.25, -0.2) is 0 Å². The molecule has 3 rings (SSSR count). The maximum atomic E-state index is 2.38. The predicted octanol–water partition coefficient (Wildman–Crippen LogP) is 20.7. The molecule has 0 N–H and O–H groups in total. The third-order valence-electron chi connectivity index (χ3n) is 15.2. The van der Waals surface area contributed by atoms with Gasteiger partial charge in [-0.1, -0.05) is 254 Å². The van der Waals surface area contributed by atoms with Crippen LogP contribution in [0.2, 0.25) is 0 Å². The molecule has 0 spiro atoms. The van der Waals surface area contributed by atoms with E-state index in [9.17, 15) is 0 Å². The van der Waals surface area contributed by atoms with E-state index < -0.39 is 0 Å². The first-order valence-electron chi connectivity index (χ1n) is 27.3. The summed E-state index contributed by atoms with van der Waals surface area (Å²) in [6, 6.07) is 19.9. The van der Waals surface area contributed by atoms with Crippen molar-refractivity contribution in [1.29, 1.82) is 0 Å². The highest BCUT2D eigenvalue weighted by Gasteiger charge is 2.32. The van der Waals surface area contributed by atoms with Crippen LogP contribution in [0.1, 0.15) is 228 Å². The van der Waals surface area contributed by atoms with Crippen LogP contribution in [0, 0.1) is 107 Å². The Morgan fingerprint density at radius 2 is 0.778 bits per heavy atom. The molecule has 0 saturated heterocycles. The van der Waals surface area contributed by atoms with E-state index >= 15 is 0 Å². The van der Waals surface area contributed by atoms with E-state index in [0.29, 0.717) is 5.92 Å². The zero-order valence-electron chi connectivity index (χ0n) is 47.9. The Morgan fingerprint density at radius 1 is 0.413 bits per heavy atom. The minimum atomic E-state index is 0.659. The molecule has 0 heteroatoms. The molecule has 0 fully saturated rings. The van der Waals surface area contributed by atoms with E-state index in [1.807, 2.05) is 0 Å². The van der Waals surface area contributed by atoms with Crippen molar-refractivity contribution in [2.75, 3.05) is 0 Å². The maximum Gasteiger partial charge on any atom is -0.0157 e. The Bertz CT molecular complexity index is 1250. The Kier molecular flexibility index (Phi) is 34.1. The average molecular weight is 876 g/mol. The first-order valence-corrected chi connectivity index (χ1v) is 27.3. The van der Waals surface area contributed by atoms with Gasteiger partial charge in [0.25, 0.3) is 0 Å². The minimum absolute atomic E-state index is 0.659. The lowest BCUT2D eigenvalue weighted by Crippen LogP contribution is -2.25. The first kappa shape index (κ1) is 63.5. The van der Waals surface area contributed by atoms with Crippen molar-refractivity contribution < 1.29 is 0 Å². The Balaban J connectivity index is 0. The molecular formula is C63H118. The molecule has 370 valence electrons. The SMILES string of the molecule is CC(C)C(C(C)C)C(C)c1ccccc1.CC(C)C(C(C)C)C1Cc2ccccc2C1.CC(C)CC(C(C)C)C(C)C.CCCC(C(C)C)C(C)C.CC[C@@H](C)C(C(C)C)C(C)C. The molecule has 0 bridgehead atoms. The summed E-state index contributed by atoms with van der Waals surface area (Å²) in [5.41, 5.74) is 4.67. The Hall–Kier alpha value is -1.56. The van der Waals surface area contributed by atoms with Gasteiger partial charge in [0, 0.05) is 0 Å². The summed E-state index contributed by atoms with van der Waals surface area (Å²) in [7, 11) is 0. The maximum absolute atomic E-state index is 2.38. The molecule has 63 heavy (non-hydrogen) atoms. The highest BCUT2D eigenvalue weighted by Crippen LogP contribution is 2.39. The summed E-state index contributed by atoms with van der Waals surface area (Å²) in [6.07, 6.45) is 8.04. The van der Waals surface area contributed by atoms with Gasteiger partial charge in [0.15, 0.2) is 0 Å². The smallest absolute Gasteiger partial charge is 0.0157 e. The van der Waals surface area contributed by atoms with Gasteiger partial charge in [-0.15, -0.1) is 0 Å². The second-order valence-corrected chi connectivity index (χ2v) is 24.4. The standard InChI is InChI=1S/C16H24.C15H24.2C11H24.C10H22/c1-11(2)16(12(3)4)15-9-13-7-5-6-8-14(13)10-15;1-11(2)15(12(3)4)13(5)14-9-7-6-8-10-14;1-8(2)7-11(9(3)4)10(5)6;1-7-10(6)11(8(2)3)9(4)5;1-6-7-10(8(2)3)9(4)5/h5-8,11-12,15-16H,9-10H2,1-4H3;6-13,15H,1-5H3;2*8-11H,7H2,1-6H3;8-10H,6-7H2,1-5H3/t;;;10-;/m...1./s1. The molecule has 2 aromatic carbocycles. The van der Waals surface area contributed by atoms with E-state index in [4.69, 9.17) is 0 Å². The zero-order chi connectivity index (χ0) is 49.3. The Morgan fingerprint density at radius 3 is 1.02 bits per heavy atom. The summed E-state index contributed by atoms with van der Waals surface area (Å²) in [4.78, 5) is 0. The lowest BCUT2D eigenvalue weighted by Gasteiger charge is -2.31. The Labute approximate surface area is 400 Å². The number of fused-ring (bicyclic) bond motifs is 1. The van der Waals surface area contributed by atoms with E-state index in [0.717, 1.165) is 107 Å². The highest BCUT2D eigenvalue weighted by atomic mass is 14.4. The molecule has 0 aliphatic heterocycles. The van der Waals surface area contributed by atoms with Crippen molar-refractivity contribution in [2.45, 2.75) is 224 Å². The van der Waals surface area contributed by atoms with Crippen LogP contribution in [-0.4, -0.2) is 0 Å². The van der Waals surface area contributed by atoms with Crippen molar-refractivity contribution in [3.05, 3.63) is 71.3 Å². The van der Waals surface area contributed by atoms with E-state index in [-0.39, 0.29) is 0 Å². The highest BCUT2D eigenvalue weighted by molar-refractivity contribution is 5.32. The minimum Gasteiger partial charge on any atom is -0.0654 e. The molecule has 0 nitrogen and oxygen atoms in total. The normalized spacial score (nSPS) is 14.2. The summed E-state index contributed by atoms with van der Waals surface area (Å²) in [6.45, 7) is 60.9. The quantitative estimate of drug-likeness (QED) is 0.132. The lowest BCUT2D eigenvalue weighted by atomic mass is 9.74. The number of rotatable bonds is 19. The van der Waals surface area contributed by atoms with Gasteiger partial charge in [0.05, 0.1) is 0 Å². The van der Waals surface area contributed by atoms with E-state index in [1.54, 1.807) is 11.1 Å². The number of hydrogen-bond acceptors (Lipinski definition) is 0. The van der Waals surface area contributed by atoms with Gasteiger partial charge in [-0.05, 0) is 148 Å². The van der Waals surface area contributed by atoms with Gasteiger partial charge in [0.1, 0.15) is 0 Å². The molecule has 0 saturated carbocycles. The van der Waals surface area contributed by atoms with Crippen molar-refractivity contribution in [1.82, 2.24) is 0 Å². The van der Waals surface area contributed by atoms with Crippen LogP contribution in [0.3, 0.4) is 0 Å². The molecule has 2 atom stereocenters. The lowest BCUT2D eigenvalue weighted by molar-refractivity contribution is 0.192. The molecular weight excluding hydrogens is 757 g/mol. The van der Waals surface area contributed by atoms with E-state index in [1.165, 1.54) is 44.1 Å². The molecule has 2 aromatic rings. The van der Waals surface area contributed by atoms with Crippen LogP contribution in [0.5, 0.6) is 0 Å². The van der Waals surface area contributed by atoms with Crippen LogP contribution < -0.4 is 0 Å². The topological polar surface area (TPSA) is 0 Å². The summed E-state index contributed by atoms with van der Waals surface area (Å²) >= 11 is 0. The van der Waals surface area contributed by atoms with Crippen LogP contribution >= 0.6 is 0 Å². The number of benzene rings is 2. The molecule has 0 radical (unpaired) electrons. The second kappa shape index (κ2) is 33.8. The van der Waals surface area contributed by atoms with Crippen molar-refractivity contribution in [2.24, 2.45) is 107 Å². The fourth-order valence-electron chi connectivity index (χ4n) is 12.6. The van der Waals surface area contributed by atoms with Crippen molar-refractivity contribution in [3.63, 3.8) is 0 Å². The predicted molar refractivity (Wildman–Crippen MR) is 292 cm³/mol. The molecule has 0 amide bonds. The summed E-state index contributed by atoms with van der Waals surface area (Å²) in [5, 5.41) is 0. The average Bonchev–Trinajstić information content (AvgIpc) is 3.59. The monoisotopic (exact) mass is 875 g/mol. The fourth-order valence-corrected chi connectivity index (χ4v) is 12.6. The fraction of sp³-hybridized carbons (Fsp3) is 0.810. The van der Waals surface area contributed by atoms with Crippen molar-refractivity contribution in [3.8, 4) is 0 Å². The third kappa shape index (κ3) is 25.2. The van der Waals surface area contributed by atoms with Gasteiger partial charge in [-0.3, -0.25) is 0 Å². The van der Waals surface area contributed by atoms with E-state index in [2.05, 4.69) is 235 Å². The van der Waals surface area contributed by atoms with Crippen LogP contribution in [-0.2, 0) is 12.8 Å². The van der Waals surface area contributed by atoms with Crippen LogP contribution in [0.25, 0.3) is 0 Å². The van der Waals surface area contributed by atoms with Gasteiger partial charge in [-0.2, -0.15) is 0 Å². The van der Waals surface area contributed by atoms with Crippen molar-refractivity contribution >= 4 is 0 Å². The number of hydrogen-bond donors (Lipinski definition) is 0. The third-order valence-corrected chi connectivity index (χ3v) is 15.2. The van der Waals surface area contributed by atoms with Crippen LogP contribution in [0.4, 0.5) is 0 Å². The summed E-state index contributed by atoms with van der Waals surface area (Å²) < 4.78 is 0. The second-order valence-electron chi connectivity index (χ2n) is 24.4. The summed E-state index contributed by atoms with van der Waals surface area (Å²) in [5.74, 6) is 15.9. The molecule has 0 heterocycles. The molecule has 0 aromatic heterocycles. The van der Waals surface area contributed by atoms with Gasteiger partial charge in [0.2, 0.25) is 0 Å². The molecule has 1 unspecified atom stereocenters. The molecule has 1 aliphatic carbocycles. The first-order chi connectivity index (χ1) is 29.2.